The summed E-state index contributed by atoms with van der Waals surface area (Å²) in [5, 5.41) is 0. The first-order valence-electron chi connectivity index (χ1n) is 15.3. The van der Waals surface area contributed by atoms with Crippen molar-refractivity contribution in [3.05, 3.63) is 156 Å². The fourth-order valence-corrected chi connectivity index (χ4v) is 5.65. The molecule has 0 aliphatic carbocycles. The number of rotatable bonds is 15. The molecule has 0 aromatic heterocycles. The largest absolute Gasteiger partial charge is 0.445 e. The van der Waals surface area contributed by atoms with Gasteiger partial charge in [0.05, 0.1) is 38.5 Å². The zero-order chi connectivity index (χ0) is 30.4. The van der Waals surface area contributed by atoms with Crippen LogP contribution >= 0.6 is 0 Å². The van der Waals surface area contributed by atoms with Gasteiger partial charge in [0.15, 0.2) is 0 Å². The van der Waals surface area contributed by atoms with Crippen LogP contribution in [0.1, 0.15) is 35.1 Å². The summed E-state index contributed by atoms with van der Waals surface area (Å²) in [6.45, 7) is 5.59. The molecule has 4 atom stereocenters. The predicted molar refractivity (Wildman–Crippen MR) is 172 cm³/mol. The molecular formula is C38H41NO5. The highest BCUT2D eigenvalue weighted by molar-refractivity contribution is 5.69. The number of amides is 1. The van der Waals surface area contributed by atoms with Gasteiger partial charge in [0, 0.05) is 0 Å². The second-order valence-corrected chi connectivity index (χ2v) is 11.0. The average molecular weight is 592 g/mol. The van der Waals surface area contributed by atoms with E-state index in [1.807, 2.05) is 132 Å². The zero-order valence-corrected chi connectivity index (χ0v) is 25.1. The Labute approximate surface area is 260 Å². The maximum Gasteiger partial charge on any atom is 0.410 e. The van der Waals surface area contributed by atoms with Crippen LogP contribution in [0.25, 0.3) is 0 Å². The lowest BCUT2D eigenvalue weighted by Crippen LogP contribution is -2.46. The van der Waals surface area contributed by atoms with Crippen molar-refractivity contribution in [1.29, 1.82) is 0 Å². The normalized spacial score (nSPS) is 19.5. The minimum Gasteiger partial charge on any atom is -0.445 e. The Morgan fingerprint density at radius 2 is 1.05 bits per heavy atom. The van der Waals surface area contributed by atoms with Crippen LogP contribution in [0.4, 0.5) is 4.79 Å². The number of carbonyl (C=O) groups excluding carboxylic acids is 1. The molecule has 4 aromatic rings. The maximum atomic E-state index is 14.0. The van der Waals surface area contributed by atoms with E-state index in [0.29, 0.717) is 32.7 Å². The molecule has 0 spiro atoms. The van der Waals surface area contributed by atoms with E-state index in [0.717, 1.165) is 22.3 Å². The van der Waals surface area contributed by atoms with Crippen LogP contribution in [0, 0.1) is 0 Å². The van der Waals surface area contributed by atoms with Gasteiger partial charge in [0.2, 0.25) is 0 Å². The molecule has 1 saturated heterocycles. The van der Waals surface area contributed by atoms with Crippen molar-refractivity contribution in [3.8, 4) is 0 Å². The molecule has 5 rings (SSSR count). The number of hydrogen-bond acceptors (Lipinski definition) is 5. The van der Waals surface area contributed by atoms with E-state index >= 15 is 0 Å². The smallest absolute Gasteiger partial charge is 0.410 e. The van der Waals surface area contributed by atoms with E-state index in [2.05, 4.69) is 6.58 Å². The SMILES string of the molecule is C=CCC[C@@H]1[C@@H](OCc2ccccc2)[C@H](OCc2ccccc2)[C@@H](COCc2ccccc2)N1C(=O)OCc1ccccc1. The molecule has 1 fully saturated rings. The minimum atomic E-state index is -0.450. The van der Waals surface area contributed by atoms with Gasteiger partial charge in [-0.2, -0.15) is 0 Å². The highest BCUT2D eigenvalue weighted by atomic mass is 16.6. The molecule has 6 heteroatoms. The minimum absolute atomic E-state index is 0.174. The Kier molecular flexibility index (Phi) is 11.8. The molecule has 0 radical (unpaired) electrons. The first-order valence-corrected chi connectivity index (χ1v) is 15.3. The topological polar surface area (TPSA) is 57.2 Å². The number of allylic oxidation sites excluding steroid dienone is 1. The Bertz CT molecular complexity index is 1400. The highest BCUT2D eigenvalue weighted by Gasteiger charge is 2.53. The molecule has 228 valence electrons. The summed E-state index contributed by atoms with van der Waals surface area (Å²) in [6.07, 6.45) is 1.98. The average Bonchev–Trinajstić information content (AvgIpc) is 3.37. The van der Waals surface area contributed by atoms with Gasteiger partial charge < -0.3 is 18.9 Å². The third kappa shape index (κ3) is 8.66. The number of benzene rings is 4. The van der Waals surface area contributed by atoms with Crippen molar-refractivity contribution >= 4 is 6.09 Å². The maximum absolute atomic E-state index is 14.0. The van der Waals surface area contributed by atoms with Crippen molar-refractivity contribution in [3.63, 3.8) is 0 Å². The third-order valence-corrected chi connectivity index (χ3v) is 7.85. The van der Waals surface area contributed by atoms with Crippen molar-refractivity contribution < 1.29 is 23.7 Å². The molecule has 44 heavy (non-hydrogen) atoms. The molecule has 0 saturated carbocycles. The first-order chi connectivity index (χ1) is 21.7. The van der Waals surface area contributed by atoms with E-state index in [-0.39, 0.29) is 19.3 Å². The van der Waals surface area contributed by atoms with Crippen LogP contribution in [0.5, 0.6) is 0 Å². The van der Waals surface area contributed by atoms with Crippen LogP contribution in [0.2, 0.25) is 0 Å². The molecule has 1 aliphatic rings. The number of carbonyl (C=O) groups is 1. The summed E-state index contributed by atoms with van der Waals surface area (Å²) in [5.74, 6) is 0. The van der Waals surface area contributed by atoms with Crippen molar-refractivity contribution in [1.82, 2.24) is 4.90 Å². The zero-order valence-electron chi connectivity index (χ0n) is 25.1. The predicted octanol–water partition coefficient (Wildman–Crippen LogP) is 7.73. The molecule has 0 bridgehead atoms. The van der Waals surface area contributed by atoms with Gasteiger partial charge in [-0.05, 0) is 35.1 Å². The fourth-order valence-electron chi connectivity index (χ4n) is 5.65. The Morgan fingerprint density at radius 3 is 1.52 bits per heavy atom. The van der Waals surface area contributed by atoms with E-state index in [9.17, 15) is 4.79 Å². The van der Waals surface area contributed by atoms with Crippen LogP contribution in [-0.2, 0) is 45.4 Å². The molecule has 0 N–H and O–H groups in total. The Morgan fingerprint density at radius 1 is 0.614 bits per heavy atom. The summed E-state index contributed by atoms with van der Waals surface area (Å²) in [6, 6.07) is 39.1. The van der Waals surface area contributed by atoms with Crippen LogP contribution < -0.4 is 0 Å². The molecule has 0 unspecified atom stereocenters. The monoisotopic (exact) mass is 591 g/mol. The van der Waals surface area contributed by atoms with E-state index < -0.39 is 24.3 Å². The lowest BCUT2D eigenvalue weighted by Gasteiger charge is -2.30. The molecule has 6 nitrogen and oxygen atoms in total. The number of ether oxygens (including phenoxy) is 4. The fraction of sp³-hybridized carbons (Fsp3) is 0.289. The number of likely N-dealkylation sites (tertiary alicyclic amines) is 1. The molecular weight excluding hydrogens is 550 g/mol. The second kappa shape index (κ2) is 16.6. The van der Waals surface area contributed by atoms with E-state index in [1.54, 1.807) is 0 Å². The first kappa shape index (κ1) is 31.2. The summed E-state index contributed by atoms with van der Waals surface area (Å²) in [4.78, 5) is 15.8. The molecule has 1 aliphatic heterocycles. The van der Waals surface area contributed by atoms with Crippen LogP contribution in [0.3, 0.4) is 0 Å². The van der Waals surface area contributed by atoms with E-state index in [1.165, 1.54) is 0 Å². The summed E-state index contributed by atoms with van der Waals surface area (Å²) >= 11 is 0. The summed E-state index contributed by atoms with van der Waals surface area (Å²) in [7, 11) is 0. The Balaban J connectivity index is 1.43. The molecule has 1 heterocycles. The second-order valence-electron chi connectivity index (χ2n) is 11.0. The van der Waals surface area contributed by atoms with Crippen molar-refractivity contribution in [2.24, 2.45) is 0 Å². The van der Waals surface area contributed by atoms with Gasteiger partial charge in [0.25, 0.3) is 0 Å². The van der Waals surface area contributed by atoms with Gasteiger partial charge in [-0.1, -0.05) is 127 Å². The lowest BCUT2D eigenvalue weighted by molar-refractivity contribution is -0.0866. The lowest BCUT2D eigenvalue weighted by atomic mass is 10.0. The standard InChI is InChI=1S/C38H41NO5/c1-2-3-24-34-36(42-26-31-18-10-5-11-19-31)37(43-27-32-20-12-6-13-21-32)35(29-41-25-30-16-8-4-9-17-30)39(34)38(40)44-28-33-22-14-7-15-23-33/h2,4-23,34-37H,1,3,24-29H2/t34-,35-,36-,37-/m1/s1. The quantitative estimate of drug-likeness (QED) is 0.132. The van der Waals surface area contributed by atoms with E-state index in [4.69, 9.17) is 18.9 Å². The van der Waals surface area contributed by atoms with Gasteiger partial charge >= 0.3 is 6.09 Å². The van der Waals surface area contributed by atoms with Gasteiger partial charge in [-0.15, -0.1) is 6.58 Å². The number of hydrogen-bond donors (Lipinski definition) is 0. The summed E-state index contributed by atoms with van der Waals surface area (Å²) < 4.78 is 25.6. The van der Waals surface area contributed by atoms with Crippen LogP contribution in [0.15, 0.2) is 134 Å². The molecule has 1 amide bonds. The van der Waals surface area contributed by atoms with Crippen molar-refractivity contribution in [2.45, 2.75) is 63.6 Å². The third-order valence-electron chi connectivity index (χ3n) is 7.85. The summed E-state index contributed by atoms with van der Waals surface area (Å²) in [5.41, 5.74) is 4.09. The van der Waals surface area contributed by atoms with Crippen molar-refractivity contribution in [2.75, 3.05) is 6.61 Å². The highest BCUT2D eigenvalue weighted by Crippen LogP contribution is 2.35. The van der Waals surface area contributed by atoms with Gasteiger partial charge in [-0.25, -0.2) is 4.79 Å². The van der Waals surface area contributed by atoms with Gasteiger partial charge in [-0.3, -0.25) is 4.90 Å². The van der Waals surface area contributed by atoms with Gasteiger partial charge in [0.1, 0.15) is 18.8 Å². The van der Waals surface area contributed by atoms with Crippen LogP contribution in [-0.4, -0.2) is 41.9 Å². The Hall–Kier alpha value is -4.23. The number of nitrogens with zero attached hydrogens (tertiary/aromatic N) is 1. The molecule has 4 aromatic carbocycles.